The summed E-state index contributed by atoms with van der Waals surface area (Å²) >= 11 is 3.42. The number of methoxy groups -OCH3 is 1. The van der Waals surface area contributed by atoms with Gasteiger partial charge in [-0.05, 0) is 48.9 Å². The van der Waals surface area contributed by atoms with Crippen LogP contribution in [0.5, 0.6) is 5.75 Å². The van der Waals surface area contributed by atoms with Gasteiger partial charge < -0.3 is 14.6 Å². The number of carbonyl (C=O) groups excluding carboxylic acids is 1. The van der Waals surface area contributed by atoms with E-state index in [2.05, 4.69) is 36.5 Å². The lowest BCUT2D eigenvalue weighted by Gasteiger charge is -2.04. The maximum absolute atomic E-state index is 12.4. The highest BCUT2D eigenvalue weighted by Gasteiger charge is 2.19. The standard InChI is InChI=1S/C21H18BrN5O3/c1-13-18(12-27(25-13)16-7-5-15(22)6-8-16)19-24-21(30-26-19)20(28)23-11-14-3-9-17(29-2)10-4-14/h3-10,12H,11H2,1-2H3,(H,23,28). The van der Waals surface area contributed by atoms with Crippen molar-refractivity contribution in [2.45, 2.75) is 13.5 Å². The van der Waals surface area contributed by atoms with Crippen LogP contribution in [-0.4, -0.2) is 32.9 Å². The third-order valence-corrected chi connectivity index (χ3v) is 4.99. The maximum atomic E-state index is 12.4. The van der Waals surface area contributed by atoms with Crippen molar-refractivity contribution < 1.29 is 14.1 Å². The molecule has 4 aromatic rings. The molecule has 4 rings (SSSR count). The summed E-state index contributed by atoms with van der Waals surface area (Å²) in [5.41, 5.74) is 3.24. The highest BCUT2D eigenvalue weighted by Crippen LogP contribution is 2.22. The number of aryl methyl sites for hydroxylation is 1. The molecule has 0 saturated heterocycles. The Bertz CT molecular complexity index is 1170. The molecule has 0 spiro atoms. The van der Waals surface area contributed by atoms with Crippen LogP contribution in [0.25, 0.3) is 17.1 Å². The Kier molecular flexibility index (Phi) is 5.62. The highest BCUT2D eigenvalue weighted by atomic mass is 79.9. The Morgan fingerprint density at radius 3 is 2.60 bits per heavy atom. The highest BCUT2D eigenvalue weighted by molar-refractivity contribution is 9.10. The molecule has 2 heterocycles. The van der Waals surface area contributed by atoms with Crippen molar-refractivity contribution in [1.82, 2.24) is 25.2 Å². The minimum Gasteiger partial charge on any atom is -0.497 e. The quantitative estimate of drug-likeness (QED) is 0.461. The van der Waals surface area contributed by atoms with Gasteiger partial charge in [-0.3, -0.25) is 4.79 Å². The number of benzene rings is 2. The molecule has 0 fully saturated rings. The van der Waals surface area contributed by atoms with E-state index in [0.29, 0.717) is 17.9 Å². The molecular formula is C21H18BrN5O3. The molecule has 8 nitrogen and oxygen atoms in total. The number of hydrogen-bond donors (Lipinski definition) is 1. The Hall–Kier alpha value is -3.46. The SMILES string of the molecule is COc1ccc(CNC(=O)c2nc(-c3cn(-c4ccc(Br)cc4)nc3C)no2)cc1. The zero-order valence-electron chi connectivity index (χ0n) is 16.3. The van der Waals surface area contributed by atoms with E-state index < -0.39 is 5.91 Å². The first-order chi connectivity index (χ1) is 14.5. The molecule has 1 amide bonds. The van der Waals surface area contributed by atoms with Crippen LogP contribution in [0.4, 0.5) is 0 Å². The lowest BCUT2D eigenvalue weighted by molar-refractivity contribution is 0.0907. The Labute approximate surface area is 181 Å². The number of carbonyl (C=O) groups is 1. The number of ether oxygens (including phenoxy) is 1. The number of rotatable bonds is 6. The van der Waals surface area contributed by atoms with E-state index >= 15 is 0 Å². The van der Waals surface area contributed by atoms with Crippen molar-refractivity contribution in [1.29, 1.82) is 0 Å². The lowest BCUT2D eigenvalue weighted by atomic mass is 10.2. The fraction of sp³-hybridized carbons (Fsp3) is 0.143. The molecule has 0 unspecified atom stereocenters. The Morgan fingerprint density at radius 2 is 1.90 bits per heavy atom. The van der Waals surface area contributed by atoms with Gasteiger partial charge in [-0.25, -0.2) is 4.68 Å². The number of amides is 1. The Morgan fingerprint density at radius 1 is 1.17 bits per heavy atom. The van der Waals surface area contributed by atoms with Gasteiger partial charge >= 0.3 is 11.8 Å². The predicted molar refractivity (Wildman–Crippen MR) is 113 cm³/mol. The average molecular weight is 468 g/mol. The molecule has 0 radical (unpaired) electrons. The lowest BCUT2D eigenvalue weighted by Crippen LogP contribution is -2.23. The summed E-state index contributed by atoms with van der Waals surface area (Å²) in [6.45, 7) is 2.19. The van der Waals surface area contributed by atoms with Gasteiger partial charge in [0.2, 0.25) is 5.82 Å². The molecule has 0 aliphatic rings. The molecule has 1 N–H and O–H groups in total. The van der Waals surface area contributed by atoms with Gasteiger partial charge in [0.05, 0.1) is 24.1 Å². The first kappa shape index (κ1) is 19.8. The summed E-state index contributed by atoms with van der Waals surface area (Å²) in [5, 5.41) is 11.2. The molecule has 2 aromatic heterocycles. The van der Waals surface area contributed by atoms with E-state index in [1.165, 1.54) is 0 Å². The molecule has 2 aromatic carbocycles. The van der Waals surface area contributed by atoms with Crippen LogP contribution in [0, 0.1) is 6.92 Å². The monoisotopic (exact) mass is 467 g/mol. The minimum absolute atomic E-state index is 0.102. The predicted octanol–water partition coefficient (Wildman–Crippen LogP) is 3.93. The van der Waals surface area contributed by atoms with Crippen LogP contribution in [0.15, 0.2) is 63.7 Å². The smallest absolute Gasteiger partial charge is 0.316 e. The molecule has 9 heteroatoms. The molecule has 0 bridgehead atoms. The fourth-order valence-corrected chi connectivity index (χ4v) is 3.10. The van der Waals surface area contributed by atoms with Crippen molar-refractivity contribution in [2.75, 3.05) is 7.11 Å². The third kappa shape index (κ3) is 4.25. The van der Waals surface area contributed by atoms with Gasteiger partial charge in [0.1, 0.15) is 5.75 Å². The van der Waals surface area contributed by atoms with Crippen LogP contribution in [-0.2, 0) is 6.54 Å². The first-order valence-corrected chi connectivity index (χ1v) is 9.90. The van der Waals surface area contributed by atoms with Crippen LogP contribution in [0.2, 0.25) is 0 Å². The van der Waals surface area contributed by atoms with Crippen molar-refractivity contribution in [3.63, 3.8) is 0 Å². The summed E-state index contributed by atoms with van der Waals surface area (Å²) in [4.78, 5) is 16.6. The number of hydrogen-bond acceptors (Lipinski definition) is 6. The minimum atomic E-state index is -0.442. The van der Waals surface area contributed by atoms with E-state index in [1.807, 2.05) is 61.7 Å². The summed E-state index contributed by atoms with van der Waals surface area (Å²) in [6, 6.07) is 15.2. The number of aromatic nitrogens is 4. The van der Waals surface area contributed by atoms with Gasteiger partial charge in [0, 0.05) is 17.2 Å². The molecular weight excluding hydrogens is 450 g/mol. The van der Waals surface area contributed by atoms with E-state index in [0.717, 1.165) is 27.2 Å². The fourth-order valence-electron chi connectivity index (χ4n) is 2.83. The maximum Gasteiger partial charge on any atom is 0.316 e. The third-order valence-electron chi connectivity index (χ3n) is 4.46. The topological polar surface area (TPSA) is 95.1 Å². The summed E-state index contributed by atoms with van der Waals surface area (Å²) in [7, 11) is 1.61. The summed E-state index contributed by atoms with van der Waals surface area (Å²) in [5.74, 6) is 0.521. The van der Waals surface area contributed by atoms with Gasteiger partial charge in [0.15, 0.2) is 0 Å². The average Bonchev–Trinajstić information content (AvgIpc) is 3.40. The molecule has 0 aliphatic heterocycles. The van der Waals surface area contributed by atoms with Gasteiger partial charge in [-0.2, -0.15) is 10.1 Å². The molecule has 0 saturated carbocycles. The number of nitrogens with zero attached hydrogens (tertiary/aromatic N) is 4. The van der Waals surface area contributed by atoms with E-state index in [-0.39, 0.29) is 5.89 Å². The van der Waals surface area contributed by atoms with Crippen LogP contribution >= 0.6 is 15.9 Å². The zero-order chi connectivity index (χ0) is 21.1. The van der Waals surface area contributed by atoms with Crippen molar-refractivity contribution in [3.8, 4) is 22.8 Å². The molecule has 30 heavy (non-hydrogen) atoms. The zero-order valence-corrected chi connectivity index (χ0v) is 17.9. The summed E-state index contributed by atoms with van der Waals surface area (Å²) in [6.07, 6.45) is 1.81. The van der Waals surface area contributed by atoms with Crippen molar-refractivity contribution in [3.05, 3.63) is 76.3 Å². The first-order valence-electron chi connectivity index (χ1n) is 9.11. The normalized spacial score (nSPS) is 10.8. The van der Waals surface area contributed by atoms with Crippen molar-refractivity contribution >= 4 is 21.8 Å². The Balaban J connectivity index is 1.46. The largest absolute Gasteiger partial charge is 0.497 e. The second-order valence-electron chi connectivity index (χ2n) is 6.50. The second kappa shape index (κ2) is 8.50. The molecule has 0 atom stereocenters. The van der Waals surface area contributed by atoms with E-state index in [4.69, 9.17) is 9.26 Å². The van der Waals surface area contributed by atoms with Gasteiger partial charge in [0.25, 0.3) is 0 Å². The van der Waals surface area contributed by atoms with E-state index in [9.17, 15) is 4.79 Å². The summed E-state index contributed by atoms with van der Waals surface area (Å²) < 4.78 is 13.0. The van der Waals surface area contributed by atoms with Crippen molar-refractivity contribution in [2.24, 2.45) is 0 Å². The van der Waals surface area contributed by atoms with Crippen LogP contribution < -0.4 is 10.1 Å². The van der Waals surface area contributed by atoms with Gasteiger partial charge in [-0.1, -0.05) is 33.2 Å². The molecule has 152 valence electrons. The van der Waals surface area contributed by atoms with E-state index in [1.54, 1.807) is 11.8 Å². The van der Waals surface area contributed by atoms with Crippen LogP contribution in [0.1, 0.15) is 21.9 Å². The second-order valence-corrected chi connectivity index (χ2v) is 7.42. The van der Waals surface area contributed by atoms with Gasteiger partial charge in [-0.15, -0.1) is 0 Å². The number of nitrogens with one attached hydrogen (secondary N) is 1. The number of halogens is 1. The van der Waals surface area contributed by atoms with Crippen LogP contribution in [0.3, 0.4) is 0 Å². The molecule has 0 aliphatic carbocycles.